The van der Waals surface area contributed by atoms with Crippen molar-refractivity contribution in [1.82, 2.24) is 14.7 Å². The van der Waals surface area contributed by atoms with E-state index in [-0.39, 0.29) is 22.9 Å². The number of aromatic carboxylic acids is 1. The van der Waals surface area contributed by atoms with Gasteiger partial charge in [-0.1, -0.05) is 20.8 Å². The zero-order chi connectivity index (χ0) is 15.6. The number of piperidine rings is 1. The molecule has 0 bridgehead atoms. The van der Waals surface area contributed by atoms with Crippen molar-refractivity contribution in [2.45, 2.75) is 46.1 Å². The van der Waals surface area contributed by atoms with Crippen LogP contribution in [-0.4, -0.2) is 44.8 Å². The first kappa shape index (κ1) is 15.5. The third kappa shape index (κ3) is 3.25. The maximum Gasteiger partial charge on any atom is 0.338 e. The number of amides is 1. The van der Waals surface area contributed by atoms with Gasteiger partial charge in [0.1, 0.15) is 0 Å². The van der Waals surface area contributed by atoms with E-state index in [0.717, 1.165) is 19.3 Å². The van der Waals surface area contributed by atoms with Crippen LogP contribution in [0.2, 0.25) is 0 Å². The molecule has 1 aliphatic rings. The summed E-state index contributed by atoms with van der Waals surface area (Å²) in [7, 11) is 0. The molecule has 1 amide bonds. The van der Waals surface area contributed by atoms with Crippen LogP contribution >= 0.6 is 0 Å². The van der Waals surface area contributed by atoms with Crippen LogP contribution in [-0.2, 0) is 4.79 Å². The Morgan fingerprint density at radius 3 is 2.48 bits per heavy atom. The highest BCUT2D eigenvalue weighted by molar-refractivity contribution is 5.86. The monoisotopic (exact) mass is 293 g/mol. The largest absolute Gasteiger partial charge is 0.478 e. The molecule has 2 heterocycles. The summed E-state index contributed by atoms with van der Waals surface area (Å²) >= 11 is 0. The number of carboxylic acid groups (broad SMARTS) is 1. The first-order valence-corrected chi connectivity index (χ1v) is 7.42. The third-order valence-corrected chi connectivity index (χ3v) is 4.44. The van der Waals surface area contributed by atoms with Gasteiger partial charge in [0.15, 0.2) is 0 Å². The van der Waals surface area contributed by atoms with Crippen LogP contribution < -0.4 is 0 Å². The maximum atomic E-state index is 12.4. The van der Waals surface area contributed by atoms with Crippen molar-refractivity contribution < 1.29 is 14.7 Å². The van der Waals surface area contributed by atoms with Crippen molar-refractivity contribution in [2.24, 2.45) is 5.41 Å². The first-order chi connectivity index (χ1) is 9.85. The molecular formula is C15H23N3O3. The summed E-state index contributed by atoms with van der Waals surface area (Å²) in [6.07, 6.45) is 5.39. The van der Waals surface area contributed by atoms with Crippen molar-refractivity contribution in [3.63, 3.8) is 0 Å². The van der Waals surface area contributed by atoms with E-state index in [9.17, 15) is 9.59 Å². The van der Waals surface area contributed by atoms with E-state index in [4.69, 9.17) is 5.11 Å². The van der Waals surface area contributed by atoms with Gasteiger partial charge < -0.3 is 10.0 Å². The number of hydrogen-bond donors (Lipinski definition) is 1. The van der Waals surface area contributed by atoms with E-state index in [1.165, 1.54) is 6.20 Å². The molecule has 1 aromatic heterocycles. The van der Waals surface area contributed by atoms with Gasteiger partial charge in [-0.15, -0.1) is 0 Å². The van der Waals surface area contributed by atoms with E-state index < -0.39 is 5.97 Å². The van der Waals surface area contributed by atoms with Crippen molar-refractivity contribution >= 4 is 11.9 Å². The second-order valence-corrected chi connectivity index (χ2v) is 6.27. The number of nitrogens with zero attached hydrogens (tertiary/aromatic N) is 3. The smallest absolute Gasteiger partial charge is 0.338 e. The zero-order valence-corrected chi connectivity index (χ0v) is 12.9. The van der Waals surface area contributed by atoms with Crippen LogP contribution in [0.25, 0.3) is 0 Å². The summed E-state index contributed by atoms with van der Waals surface area (Å²) in [4.78, 5) is 25.2. The molecule has 1 aromatic rings. The Hall–Kier alpha value is -1.85. The molecule has 6 heteroatoms. The standard InChI is InChI=1S/C15H23N3O3/c1-4-15(2,3)14(21)17-7-5-12(6-8-17)18-10-11(9-16-18)13(19)20/h9-10,12H,4-8H2,1-3H3,(H,19,20). The molecule has 1 aliphatic heterocycles. The van der Waals surface area contributed by atoms with E-state index in [1.54, 1.807) is 10.9 Å². The van der Waals surface area contributed by atoms with Gasteiger partial charge in [0, 0.05) is 24.7 Å². The summed E-state index contributed by atoms with van der Waals surface area (Å²) in [6, 6.07) is 0.173. The predicted octanol–water partition coefficient (Wildman–Crippen LogP) is 2.18. The maximum absolute atomic E-state index is 12.4. The van der Waals surface area contributed by atoms with Gasteiger partial charge in [-0.05, 0) is 19.3 Å². The third-order valence-electron chi connectivity index (χ3n) is 4.44. The lowest BCUT2D eigenvalue weighted by atomic mass is 9.87. The SMILES string of the molecule is CCC(C)(C)C(=O)N1CCC(n2cc(C(=O)O)cn2)CC1. The molecule has 6 nitrogen and oxygen atoms in total. The Morgan fingerprint density at radius 2 is 2.00 bits per heavy atom. The fourth-order valence-electron chi connectivity index (χ4n) is 2.56. The average molecular weight is 293 g/mol. The highest BCUT2D eigenvalue weighted by Crippen LogP contribution is 2.28. The van der Waals surface area contributed by atoms with Gasteiger partial charge in [-0.2, -0.15) is 5.10 Å². The second-order valence-electron chi connectivity index (χ2n) is 6.27. The summed E-state index contributed by atoms with van der Waals surface area (Å²) in [5, 5.41) is 13.1. The molecule has 0 spiro atoms. The van der Waals surface area contributed by atoms with Crippen LogP contribution in [0.5, 0.6) is 0 Å². The summed E-state index contributed by atoms with van der Waals surface area (Å²) < 4.78 is 1.72. The highest BCUT2D eigenvalue weighted by Gasteiger charge is 2.33. The molecule has 1 N–H and O–H groups in total. The van der Waals surface area contributed by atoms with Gasteiger partial charge in [-0.25, -0.2) is 4.79 Å². The molecule has 116 valence electrons. The minimum absolute atomic E-state index is 0.173. The topological polar surface area (TPSA) is 75.4 Å². The van der Waals surface area contributed by atoms with Crippen LogP contribution in [0.15, 0.2) is 12.4 Å². The molecule has 0 atom stereocenters. The molecule has 0 aliphatic carbocycles. The second kappa shape index (κ2) is 5.87. The van der Waals surface area contributed by atoms with E-state index >= 15 is 0 Å². The van der Waals surface area contributed by atoms with Crippen LogP contribution in [0.1, 0.15) is 56.4 Å². The predicted molar refractivity (Wildman–Crippen MR) is 78.1 cm³/mol. The Balaban J connectivity index is 1.97. The van der Waals surface area contributed by atoms with Crippen LogP contribution in [0.4, 0.5) is 0 Å². The molecule has 1 fully saturated rings. The molecule has 1 saturated heterocycles. The van der Waals surface area contributed by atoms with Crippen LogP contribution in [0, 0.1) is 5.41 Å². The number of likely N-dealkylation sites (tertiary alicyclic amines) is 1. The molecule has 21 heavy (non-hydrogen) atoms. The van der Waals surface area contributed by atoms with Crippen molar-refractivity contribution in [3.8, 4) is 0 Å². The normalized spacial score (nSPS) is 17.0. The van der Waals surface area contributed by atoms with Crippen LogP contribution in [0.3, 0.4) is 0 Å². The Morgan fingerprint density at radius 1 is 1.38 bits per heavy atom. The lowest BCUT2D eigenvalue weighted by Gasteiger charge is -2.36. The Kier molecular flexibility index (Phi) is 4.34. The highest BCUT2D eigenvalue weighted by atomic mass is 16.4. The van der Waals surface area contributed by atoms with Crippen molar-refractivity contribution in [1.29, 1.82) is 0 Å². The summed E-state index contributed by atoms with van der Waals surface area (Å²) in [6.45, 7) is 7.40. The lowest BCUT2D eigenvalue weighted by Crippen LogP contribution is -2.45. The van der Waals surface area contributed by atoms with Crippen molar-refractivity contribution in [2.75, 3.05) is 13.1 Å². The quantitative estimate of drug-likeness (QED) is 0.923. The average Bonchev–Trinajstić information content (AvgIpc) is 2.96. The van der Waals surface area contributed by atoms with Gasteiger partial charge >= 0.3 is 5.97 Å². The molecule has 0 aromatic carbocycles. The zero-order valence-electron chi connectivity index (χ0n) is 12.9. The minimum atomic E-state index is -0.960. The van der Waals surface area contributed by atoms with Gasteiger partial charge in [0.2, 0.25) is 5.91 Å². The molecule has 0 radical (unpaired) electrons. The van der Waals surface area contributed by atoms with Gasteiger partial charge in [0.05, 0.1) is 17.8 Å². The number of rotatable bonds is 4. The van der Waals surface area contributed by atoms with Gasteiger partial charge in [0.25, 0.3) is 0 Å². The number of hydrogen-bond acceptors (Lipinski definition) is 3. The first-order valence-electron chi connectivity index (χ1n) is 7.42. The summed E-state index contributed by atoms with van der Waals surface area (Å²) in [5.74, 6) is -0.756. The Labute approximate surface area is 124 Å². The fourth-order valence-corrected chi connectivity index (χ4v) is 2.56. The fraction of sp³-hybridized carbons (Fsp3) is 0.667. The number of aromatic nitrogens is 2. The minimum Gasteiger partial charge on any atom is -0.478 e. The number of carbonyl (C=O) groups excluding carboxylic acids is 1. The van der Waals surface area contributed by atoms with E-state index in [2.05, 4.69) is 5.10 Å². The number of carboxylic acids is 1. The summed E-state index contributed by atoms with van der Waals surface area (Å²) in [5.41, 5.74) is -0.102. The number of carbonyl (C=O) groups is 2. The molecule has 0 unspecified atom stereocenters. The van der Waals surface area contributed by atoms with Crippen molar-refractivity contribution in [3.05, 3.63) is 18.0 Å². The molecule has 0 saturated carbocycles. The van der Waals surface area contributed by atoms with E-state index in [0.29, 0.717) is 13.1 Å². The molecule has 2 rings (SSSR count). The molecular weight excluding hydrogens is 270 g/mol. The lowest BCUT2D eigenvalue weighted by molar-refractivity contribution is -0.141. The van der Waals surface area contributed by atoms with E-state index in [1.807, 2.05) is 25.7 Å². The van der Waals surface area contributed by atoms with Gasteiger partial charge in [-0.3, -0.25) is 9.48 Å². The Bertz CT molecular complexity index is 528.